The molecule has 0 bridgehead atoms. The molecule has 0 heterocycles. The molecule has 0 aliphatic carbocycles. The molecule has 0 fully saturated rings. The van der Waals surface area contributed by atoms with Crippen molar-refractivity contribution >= 4 is 10.7 Å². The molecule has 0 saturated heterocycles. The molecule has 0 rings (SSSR count). The van der Waals surface area contributed by atoms with E-state index < -0.39 is 10.7 Å². The maximum Gasteiger partial charge on any atom is 0.140 e. The van der Waals surface area contributed by atoms with E-state index in [0.29, 0.717) is 5.75 Å². The van der Waals surface area contributed by atoms with Crippen molar-refractivity contribution in [3.8, 4) is 0 Å². The largest absolute Gasteiger partial charge is 0.232 e. The Morgan fingerprint density at radius 3 is 2.10 bits per heavy atom. The van der Waals surface area contributed by atoms with Crippen LogP contribution in [0.25, 0.3) is 0 Å². The fraction of sp³-hybridized carbons (Fsp3) is 1.00. The van der Waals surface area contributed by atoms with Gasteiger partial charge in [0.2, 0.25) is 0 Å². The Morgan fingerprint density at radius 1 is 1.00 bits per heavy atom. The van der Waals surface area contributed by atoms with Gasteiger partial charge in [0, 0.05) is 5.75 Å². The quantitative estimate of drug-likeness (QED) is 0.477. The Bertz CT molecular complexity index is 122. The van der Waals surface area contributed by atoms with Gasteiger partial charge in [-0.2, -0.15) is 0 Å². The van der Waals surface area contributed by atoms with Crippen LogP contribution in [0.3, 0.4) is 0 Å². The third-order valence-electron chi connectivity index (χ3n) is 1.44. The Balaban J connectivity index is 2.91. The lowest BCUT2D eigenvalue weighted by Crippen LogP contribution is -1.87. The molecule has 62 valence electrons. The molecule has 10 heavy (non-hydrogen) atoms. The summed E-state index contributed by atoms with van der Waals surface area (Å²) in [4.78, 5) is 0. The topological polar surface area (TPSA) is 34.1 Å². The average Bonchev–Trinajstić information content (AvgIpc) is 1.87. The van der Waals surface area contributed by atoms with Crippen LogP contribution in [0.5, 0.6) is 0 Å². The van der Waals surface area contributed by atoms with E-state index in [0.717, 1.165) is 12.8 Å². The normalized spacial score (nSPS) is 10.6. The zero-order valence-corrected chi connectivity index (χ0v) is 7.40. The van der Waals surface area contributed by atoms with Crippen molar-refractivity contribution in [3.05, 3.63) is 0 Å². The molecular weight excluding hydrogens is 148 g/mol. The van der Waals surface area contributed by atoms with Crippen molar-refractivity contribution in [2.24, 2.45) is 0 Å². The van der Waals surface area contributed by atoms with E-state index in [2.05, 4.69) is 6.92 Å². The van der Waals surface area contributed by atoms with Crippen molar-refractivity contribution in [2.45, 2.75) is 39.0 Å². The van der Waals surface area contributed by atoms with Gasteiger partial charge in [-0.15, -0.1) is 0 Å². The molecule has 3 heteroatoms. The van der Waals surface area contributed by atoms with Crippen molar-refractivity contribution in [1.82, 2.24) is 0 Å². The first-order chi connectivity index (χ1) is 4.77. The molecule has 0 radical (unpaired) electrons. The first-order valence-corrected chi connectivity index (χ1v) is 5.25. The molecule has 0 aliphatic rings. The number of hydrogen-bond donors (Lipinski definition) is 1. The fourth-order valence-electron chi connectivity index (χ4n) is 0.844. The number of hydrogen-bond acceptors (Lipinski definition) is 2. The van der Waals surface area contributed by atoms with Crippen LogP contribution in [-0.2, 0) is 10.7 Å². The summed E-state index contributed by atoms with van der Waals surface area (Å²) >= 11 is 0. The van der Waals surface area contributed by atoms with E-state index in [9.17, 15) is 8.42 Å². The van der Waals surface area contributed by atoms with Crippen LogP contribution in [0, 0.1) is 0 Å². The Labute approximate surface area is 64.6 Å². The van der Waals surface area contributed by atoms with Crippen LogP contribution in [-0.4, -0.2) is 14.2 Å². The van der Waals surface area contributed by atoms with E-state index >= 15 is 0 Å². The lowest BCUT2D eigenvalue weighted by atomic mass is 10.2. The van der Waals surface area contributed by atoms with E-state index in [1.54, 1.807) is 0 Å². The second-order valence-corrected chi connectivity index (χ2v) is 3.58. The van der Waals surface area contributed by atoms with Gasteiger partial charge in [0.15, 0.2) is 0 Å². The maximum atomic E-state index is 10.1. The fourth-order valence-corrected chi connectivity index (χ4v) is 1.33. The van der Waals surface area contributed by atoms with Gasteiger partial charge >= 0.3 is 0 Å². The highest BCUT2D eigenvalue weighted by atomic mass is 32.2. The minimum Gasteiger partial charge on any atom is -0.232 e. The molecule has 0 aromatic carbocycles. The summed E-state index contributed by atoms with van der Waals surface area (Å²) in [6, 6.07) is 0. The molecule has 0 saturated carbocycles. The summed E-state index contributed by atoms with van der Waals surface area (Å²) < 4.78 is 20.1. The summed E-state index contributed by atoms with van der Waals surface area (Å²) in [5.74, 6) is 0.374. The SMILES string of the molecule is CCCCCCC[SH](=O)=O. The predicted octanol–water partition coefficient (Wildman–Crippen LogP) is 1.57. The highest BCUT2D eigenvalue weighted by Crippen LogP contribution is 2.01. The van der Waals surface area contributed by atoms with Crippen LogP contribution in [0.15, 0.2) is 0 Å². The van der Waals surface area contributed by atoms with Crippen LogP contribution in [0.2, 0.25) is 0 Å². The lowest BCUT2D eigenvalue weighted by molar-refractivity contribution is 0.604. The summed E-state index contributed by atoms with van der Waals surface area (Å²) in [5, 5.41) is 0. The molecule has 2 nitrogen and oxygen atoms in total. The van der Waals surface area contributed by atoms with Gasteiger partial charge in [-0.3, -0.25) is 0 Å². The summed E-state index contributed by atoms with van der Waals surface area (Å²) in [6.45, 7) is 2.15. The Hall–Kier alpha value is -0.0500. The molecule has 0 atom stereocenters. The first-order valence-electron chi connectivity index (χ1n) is 3.89. The maximum absolute atomic E-state index is 10.1. The Morgan fingerprint density at radius 2 is 1.60 bits per heavy atom. The monoisotopic (exact) mass is 164 g/mol. The van der Waals surface area contributed by atoms with Crippen molar-refractivity contribution in [2.75, 3.05) is 5.75 Å². The zero-order chi connectivity index (χ0) is 7.82. The van der Waals surface area contributed by atoms with Crippen molar-refractivity contribution in [1.29, 1.82) is 0 Å². The molecule has 0 aliphatic heterocycles. The molecular formula is C7H16O2S. The van der Waals surface area contributed by atoms with Crippen LogP contribution in [0.1, 0.15) is 39.0 Å². The van der Waals surface area contributed by atoms with E-state index in [1.165, 1.54) is 19.3 Å². The first kappa shape index (κ1) is 9.95. The van der Waals surface area contributed by atoms with Crippen molar-refractivity contribution in [3.63, 3.8) is 0 Å². The number of unbranched alkanes of at least 4 members (excludes halogenated alkanes) is 4. The summed E-state index contributed by atoms with van der Waals surface area (Å²) in [5.41, 5.74) is 0. The molecule has 0 spiro atoms. The number of rotatable bonds is 6. The molecule has 0 amide bonds. The third kappa shape index (κ3) is 7.95. The van der Waals surface area contributed by atoms with Gasteiger partial charge in [0.25, 0.3) is 0 Å². The van der Waals surface area contributed by atoms with Gasteiger partial charge in [-0.05, 0) is 6.42 Å². The van der Waals surface area contributed by atoms with Gasteiger partial charge in [0.05, 0.1) is 0 Å². The molecule has 0 aromatic rings. The van der Waals surface area contributed by atoms with Gasteiger partial charge in [0.1, 0.15) is 10.7 Å². The third-order valence-corrected chi connectivity index (χ3v) is 2.13. The standard InChI is InChI=1S/C7H16O2S/c1-2-3-4-5-6-7-10(8)9/h10H,2-7H2,1H3. The Kier molecular flexibility index (Phi) is 7.03. The average molecular weight is 164 g/mol. The lowest BCUT2D eigenvalue weighted by Gasteiger charge is -1.93. The summed E-state index contributed by atoms with van der Waals surface area (Å²) in [7, 11) is -2.12. The predicted molar refractivity (Wildman–Crippen MR) is 43.9 cm³/mol. The summed E-state index contributed by atoms with van der Waals surface area (Å²) in [6.07, 6.45) is 5.54. The smallest absolute Gasteiger partial charge is 0.140 e. The van der Waals surface area contributed by atoms with E-state index in [4.69, 9.17) is 0 Å². The second-order valence-electron chi connectivity index (χ2n) is 2.47. The van der Waals surface area contributed by atoms with Gasteiger partial charge in [-0.1, -0.05) is 32.6 Å². The van der Waals surface area contributed by atoms with Crippen LogP contribution < -0.4 is 0 Å². The van der Waals surface area contributed by atoms with E-state index in [1.807, 2.05) is 0 Å². The highest BCUT2D eigenvalue weighted by Gasteiger charge is 1.89. The zero-order valence-electron chi connectivity index (χ0n) is 6.51. The second kappa shape index (κ2) is 7.06. The minimum atomic E-state index is -2.12. The number of thiol groups is 1. The van der Waals surface area contributed by atoms with E-state index in [-0.39, 0.29) is 0 Å². The molecule has 0 N–H and O–H groups in total. The van der Waals surface area contributed by atoms with Crippen molar-refractivity contribution < 1.29 is 8.42 Å². The van der Waals surface area contributed by atoms with Gasteiger partial charge in [-0.25, -0.2) is 8.42 Å². The van der Waals surface area contributed by atoms with Crippen LogP contribution in [0.4, 0.5) is 0 Å². The van der Waals surface area contributed by atoms with Gasteiger partial charge < -0.3 is 0 Å². The minimum absolute atomic E-state index is 0.374. The molecule has 0 unspecified atom stereocenters. The van der Waals surface area contributed by atoms with Crippen LogP contribution >= 0.6 is 0 Å². The molecule has 0 aromatic heterocycles. The highest BCUT2D eigenvalue weighted by molar-refractivity contribution is 7.72.